The van der Waals surface area contributed by atoms with Gasteiger partial charge in [-0.1, -0.05) is 135 Å². The van der Waals surface area contributed by atoms with Crippen LogP contribution in [-0.2, 0) is 5.54 Å². The van der Waals surface area contributed by atoms with E-state index in [1.165, 1.54) is 5.56 Å². The number of imidazole rings is 1. The Kier molecular flexibility index (Phi) is 7.50. The number of aromatic nitrogens is 5. The van der Waals surface area contributed by atoms with Gasteiger partial charge in [-0.3, -0.25) is 14.1 Å². The maximum Gasteiger partial charge on any atom is 0.138 e. The van der Waals surface area contributed by atoms with E-state index in [1.54, 1.807) is 0 Å². The minimum absolute atomic E-state index is 0.437. The van der Waals surface area contributed by atoms with Gasteiger partial charge in [-0.15, -0.1) is 0 Å². The standard InChI is InChI=1S/C43H35N5/c1-31(2)32-21-23-33(24-22-32)42-38(34-25-26-41-45-28-40(47(41)29-34)39-20-12-13-27-44-39)30-48(46-42)43(35-14-6-3-7-15-35,36-16-8-4-9-17-36)37-18-10-5-11-19-37/h3-31H,1-2H3. The molecule has 0 aliphatic heterocycles. The van der Waals surface area contributed by atoms with Gasteiger partial charge in [0.15, 0.2) is 0 Å². The van der Waals surface area contributed by atoms with Crippen LogP contribution in [-0.4, -0.2) is 24.1 Å². The summed E-state index contributed by atoms with van der Waals surface area (Å²) in [6.07, 6.45) is 8.09. The van der Waals surface area contributed by atoms with E-state index in [0.717, 1.165) is 56.1 Å². The third-order valence-corrected chi connectivity index (χ3v) is 9.23. The number of hydrogen-bond acceptors (Lipinski definition) is 3. The average Bonchev–Trinajstić information content (AvgIpc) is 3.79. The molecule has 0 spiro atoms. The first-order chi connectivity index (χ1) is 23.6. The molecular weight excluding hydrogens is 587 g/mol. The maximum absolute atomic E-state index is 5.56. The molecule has 0 saturated carbocycles. The second-order valence-corrected chi connectivity index (χ2v) is 12.4. The minimum atomic E-state index is -0.743. The van der Waals surface area contributed by atoms with Gasteiger partial charge in [-0.2, -0.15) is 5.10 Å². The highest BCUT2D eigenvalue weighted by molar-refractivity contribution is 5.81. The van der Waals surface area contributed by atoms with Crippen LogP contribution in [0.4, 0.5) is 0 Å². The Labute approximate surface area is 280 Å². The fraction of sp³-hybridized carbons (Fsp3) is 0.0930. The normalized spacial score (nSPS) is 11.7. The van der Waals surface area contributed by atoms with E-state index in [2.05, 4.69) is 168 Å². The van der Waals surface area contributed by atoms with Crippen LogP contribution in [0.3, 0.4) is 0 Å². The van der Waals surface area contributed by atoms with Gasteiger partial charge >= 0.3 is 0 Å². The second-order valence-electron chi connectivity index (χ2n) is 12.4. The monoisotopic (exact) mass is 621 g/mol. The predicted octanol–water partition coefficient (Wildman–Crippen LogP) is 9.89. The van der Waals surface area contributed by atoms with Crippen molar-refractivity contribution in [1.82, 2.24) is 24.1 Å². The summed E-state index contributed by atoms with van der Waals surface area (Å²) in [6, 6.07) is 51.1. The molecule has 0 bridgehead atoms. The molecule has 5 nitrogen and oxygen atoms in total. The van der Waals surface area contributed by atoms with Crippen molar-refractivity contribution in [3.8, 4) is 33.8 Å². The average molecular weight is 622 g/mol. The Bertz CT molecular complexity index is 2190. The summed E-state index contributed by atoms with van der Waals surface area (Å²) in [7, 11) is 0. The Morgan fingerprint density at radius 1 is 0.562 bits per heavy atom. The Balaban J connectivity index is 1.43. The van der Waals surface area contributed by atoms with Gasteiger partial charge < -0.3 is 0 Å². The van der Waals surface area contributed by atoms with Crippen LogP contribution < -0.4 is 0 Å². The second kappa shape index (κ2) is 12.3. The first-order valence-corrected chi connectivity index (χ1v) is 16.4. The highest BCUT2D eigenvalue weighted by atomic mass is 15.3. The Morgan fingerprint density at radius 2 is 1.15 bits per heavy atom. The Hall–Kier alpha value is -6.07. The summed E-state index contributed by atoms with van der Waals surface area (Å²) in [5.74, 6) is 0.437. The number of benzene rings is 4. The highest BCUT2D eigenvalue weighted by Crippen LogP contribution is 2.43. The van der Waals surface area contributed by atoms with E-state index in [4.69, 9.17) is 10.1 Å². The molecule has 5 heteroatoms. The summed E-state index contributed by atoms with van der Waals surface area (Å²) in [6.45, 7) is 4.45. The molecular formula is C43H35N5. The van der Waals surface area contributed by atoms with Crippen LogP contribution in [0.5, 0.6) is 0 Å². The van der Waals surface area contributed by atoms with Crippen molar-refractivity contribution in [2.45, 2.75) is 25.3 Å². The zero-order valence-corrected chi connectivity index (χ0v) is 27.0. The number of pyridine rings is 2. The van der Waals surface area contributed by atoms with Gasteiger partial charge in [-0.25, -0.2) is 4.98 Å². The number of hydrogen-bond donors (Lipinski definition) is 0. The van der Waals surface area contributed by atoms with Crippen molar-refractivity contribution in [3.63, 3.8) is 0 Å². The maximum atomic E-state index is 5.56. The van der Waals surface area contributed by atoms with E-state index in [-0.39, 0.29) is 0 Å². The van der Waals surface area contributed by atoms with Crippen LogP contribution in [0.15, 0.2) is 170 Å². The van der Waals surface area contributed by atoms with Gasteiger partial charge in [0.05, 0.1) is 17.6 Å². The lowest BCUT2D eigenvalue weighted by molar-refractivity contribution is 0.461. The zero-order valence-electron chi connectivity index (χ0n) is 27.0. The Morgan fingerprint density at radius 3 is 1.71 bits per heavy atom. The van der Waals surface area contributed by atoms with Crippen molar-refractivity contribution in [2.75, 3.05) is 0 Å². The van der Waals surface area contributed by atoms with Crippen LogP contribution in [0.2, 0.25) is 0 Å². The van der Waals surface area contributed by atoms with Crippen LogP contribution in [0, 0.1) is 0 Å². The molecule has 232 valence electrons. The van der Waals surface area contributed by atoms with Crippen molar-refractivity contribution in [1.29, 1.82) is 0 Å². The molecule has 0 saturated heterocycles. The summed E-state index contributed by atoms with van der Waals surface area (Å²) in [5, 5.41) is 5.56. The molecule has 0 fully saturated rings. The molecule has 8 aromatic rings. The lowest BCUT2D eigenvalue weighted by Gasteiger charge is -2.36. The molecule has 4 aromatic heterocycles. The number of nitrogens with zero attached hydrogens (tertiary/aromatic N) is 5. The molecule has 4 heterocycles. The predicted molar refractivity (Wildman–Crippen MR) is 194 cm³/mol. The van der Waals surface area contributed by atoms with Crippen molar-refractivity contribution >= 4 is 5.65 Å². The molecule has 0 N–H and O–H groups in total. The third-order valence-electron chi connectivity index (χ3n) is 9.23. The molecule has 48 heavy (non-hydrogen) atoms. The fourth-order valence-electron chi connectivity index (χ4n) is 6.77. The molecule has 8 rings (SSSR count). The van der Waals surface area contributed by atoms with Crippen LogP contribution in [0.1, 0.15) is 42.0 Å². The van der Waals surface area contributed by atoms with Gasteiger partial charge in [0, 0.05) is 35.3 Å². The van der Waals surface area contributed by atoms with E-state index in [0.29, 0.717) is 5.92 Å². The highest BCUT2D eigenvalue weighted by Gasteiger charge is 2.40. The van der Waals surface area contributed by atoms with E-state index < -0.39 is 5.54 Å². The van der Waals surface area contributed by atoms with Gasteiger partial charge in [0.25, 0.3) is 0 Å². The lowest BCUT2D eigenvalue weighted by atomic mass is 9.77. The summed E-state index contributed by atoms with van der Waals surface area (Å²) >= 11 is 0. The molecule has 0 unspecified atom stereocenters. The molecule has 0 aliphatic carbocycles. The van der Waals surface area contributed by atoms with E-state index >= 15 is 0 Å². The summed E-state index contributed by atoms with van der Waals surface area (Å²) < 4.78 is 4.30. The SMILES string of the molecule is CC(C)c1ccc(-c2nn(C(c3ccccc3)(c3ccccc3)c3ccccc3)cc2-c2ccc3ncc(-c4ccccn4)n3c2)cc1. The number of rotatable bonds is 8. The van der Waals surface area contributed by atoms with Crippen LogP contribution in [0.25, 0.3) is 39.4 Å². The quantitative estimate of drug-likeness (QED) is 0.159. The van der Waals surface area contributed by atoms with E-state index in [9.17, 15) is 0 Å². The van der Waals surface area contributed by atoms with E-state index in [1.807, 2.05) is 30.6 Å². The largest absolute Gasteiger partial charge is 0.298 e. The summed E-state index contributed by atoms with van der Waals surface area (Å²) in [5.41, 5.74) is 10.6. The van der Waals surface area contributed by atoms with Gasteiger partial charge in [-0.05, 0) is 52.4 Å². The van der Waals surface area contributed by atoms with Gasteiger partial charge in [0.1, 0.15) is 16.9 Å². The topological polar surface area (TPSA) is 48.0 Å². The molecule has 0 amide bonds. The molecule has 0 aliphatic rings. The third kappa shape index (κ3) is 5.01. The van der Waals surface area contributed by atoms with Crippen molar-refractivity contribution < 1.29 is 0 Å². The zero-order chi connectivity index (χ0) is 32.5. The van der Waals surface area contributed by atoms with Crippen LogP contribution >= 0.6 is 0 Å². The molecule has 0 atom stereocenters. The van der Waals surface area contributed by atoms with Gasteiger partial charge in [0.2, 0.25) is 0 Å². The number of fused-ring (bicyclic) bond motifs is 1. The minimum Gasteiger partial charge on any atom is -0.298 e. The van der Waals surface area contributed by atoms with Crippen molar-refractivity contribution in [2.24, 2.45) is 0 Å². The molecule has 4 aromatic carbocycles. The lowest BCUT2D eigenvalue weighted by Crippen LogP contribution is -2.38. The first kappa shape index (κ1) is 29.3. The van der Waals surface area contributed by atoms with Crippen molar-refractivity contribution in [3.05, 3.63) is 193 Å². The summed E-state index contributed by atoms with van der Waals surface area (Å²) in [4.78, 5) is 9.32. The molecule has 0 radical (unpaired) electrons. The fourth-order valence-corrected chi connectivity index (χ4v) is 6.77. The smallest absolute Gasteiger partial charge is 0.138 e. The first-order valence-electron chi connectivity index (χ1n) is 16.4.